The van der Waals surface area contributed by atoms with Gasteiger partial charge >= 0.3 is 0 Å². The molecule has 0 amide bonds. The van der Waals surface area contributed by atoms with Crippen LogP contribution in [0.3, 0.4) is 0 Å². The maximum atomic E-state index is 6.43. The first-order chi connectivity index (χ1) is 26.6. The molecule has 0 N–H and O–H groups in total. The van der Waals surface area contributed by atoms with Crippen LogP contribution in [0, 0.1) is 11.8 Å². The highest BCUT2D eigenvalue weighted by molar-refractivity contribution is 5.44. The Morgan fingerprint density at radius 3 is 1.00 bits per heavy atom. The first kappa shape index (κ1) is 41.0. The number of morpholine rings is 4. The molecule has 0 aliphatic carbocycles. The van der Waals surface area contributed by atoms with Crippen molar-refractivity contribution in [2.75, 3.05) is 158 Å². The molecule has 6 rings (SSSR count). The van der Waals surface area contributed by atoms with Crippen molar-refractivity contribution in [2.45, 2.75) is 26.7 Å². The monoisotopic (exact) mass is 754 g/mol. The summed E-state index contributed by atoms with van der Waals surface area (Å²) >= 11 is 0. The topological polar surface area (TPSA) is 86.8 Å². The van der Waals surface area contributed by atoms with Gasteiger partial charge in [-0.2, -0.15) is 0 Å². The van der Waals surface area contributed by atoms with E-state index >= 15 is 0 Å². The standard InChI is InChI=1S/C42H66N4O8/c1-35(31-37-3-5-39(51-27-15-43-7-19-47-20-8-43)41(33-37)53-29-17-45-11-23-49-24-12-45)36(2)32-38-4-6-40(52-28-16-44-9-21-48-22-10-44)42(34-38)54-30-18-46-13-25-50-26-14-46/h3-6,33-36H,7-32H2,1-2H3. The highest BCUT2D eigenvalue weighted by atomic mass is 16.5. The molecule has 0 bridgehead atoms. The minimum absolute atomic E-state index is 0.453. The van der Waals surface area contributed by atoms with Crippen LogP contribution in [0.5, 0.6) is 23.0 Å². The molecule has 4 aliphatic rings. The lowest BCUT2D eigenvalue weighted by molar-refractivity contribution is 0.0305. The molecule has 2 atom stereocenters. The lowest BCUT2D eigenvalue weighted by Crippen LogP contribution is -2.39. The Kier molecular flexibility index (Phi) is 17.3. The molecular weight excluding hydrogens is 688 g/mol. The van der Waals surface area contributed by atoms with Gasteiger partial charge in [0.15, 0.2) is 23.0 Å². The maximum Gasteiger partial charge on any atom is 0.161 e. The summed E-state index contributed by atoms with van der Waals surface area (Å²) in [7, 11) is 0. The predicted octanol–water partition coefficient (Wildman–Crippen LogP) is 3.59. The first-order valence-electron chi connectivity index (χ1n) is 20.6. The second-order valence-electron chi connectivity index (χ2n) is 15.1. The van der Waals surface area contributed by atoms with Crippen molar-refractivity contribution in [3.63, 3.8) is 0 Å². The summed E-state index contributed by atoms with van der Waals surface area (Å²) in [4.78, 5) is 9.60. The van der Waals surface area contributed by atoms with E-state index in [2.05, 4.69) is 69.8 Å². The van der Waals surface area contributed by atoms with Crippen LogP contribution in [-0.4, -0.2) is 177 Å². The maximum absolute atomic E-state index is 6.43. The quantitative estimate of drug-likeness (QED) is 0.187. The minimum Gasteiger partial charge on any atom is -0.488 e. The third kappa shape index (κ3) is 13.8. The summed E-state index contributed by atoms with van der Waals surface area (Å²) in [5, 5.41) is 0. The highest BCUT2D eigenvalue weighted by Crippen LogP contribution is 2.33. The second-order valence-corrected chi connectivity index (χ2v) is 15.1. The smallest absolute Gasteiger partial charge is 0.161 e. The van der Waals surface area contributed by atoms with Crippen molar-refractivity contribution in [1.29, 1.82) is 0 Å². The van der Waals surface area contributed by atoms with Crippen molar-refractivity contribution < 1.29 is 37.9 Å². The number of rotatable bonds is 21. The van der Waals surface area contributed by atoms with Gasteiger partial charge in [-0.15, -0.1) is 0 Å². The molecule has 302 valence electrons. The molecule has 2 aromatic carbocycles. The molecule has 4 heterocycles. The lowest BCUT2D eigenvalue weighted by Gasteiger charge is -2.27. The van der Waals surface area contributed by atoms with Crippen LogP contribution in [-0.2, 0) is 31.8 Å². The zero-order valence-electron chi connectivity index (χ0n) is 33.1. The van der Waals surface area contributed by atoms with Crippen molar-refractivity contribution in [3.05, 3.63) is 47.5 Å². The van der Waals surface area contributed by atoms with E-state index < -0.39 is 0 Å². The fourth-order valence-corrected chi connectivity index (χ4v) is 7.41. The molecule has 0 aromatic heterocycles. The summed E-state index contributed by atoms with van der Waals surface area (Å²) < 4.78 is 47.6. The predicted molar refractivity (Wildman–Crippen MR) is 210 cm³/mol. The van der Waals surface area contributed by atoms with Gasteiger partial charge < -0.3 is 37.9 Å². The van der Waals surface area contributed by atoms with Crippen LogP contribution < -0.4 is 18.9 Å². The summed E-state index contributed by atoms with van der Waals surface area (Å²) in [6, 6.07) is 13.0. The normalized spacial score (nSPS) is 20.7. The number of hydrogen-bond acceptors (Lipinski definition) is 12. The number of ether oxygens (including phenoxy) is 8. The van der Waals surface area contributed by atoms with Crippen molar-refractivity contribution >= 4 is 0 Å². The molecule has 0 spiro atoms. The lowest BCUT2D eigenvalue weighted by atomic mass is 9.85. The third-order valence-corrected chi connectivity index (χ3v) is 11.2. The molecule has 0 radical (unpaired) electrons. The number of benzene rings is 2. The Bertz CT molecular complexity index is 1240. The number of nitrogens with zero attached hydrogens (tertiary/aromatic N) is 4. The Morgan fingerprint density at radius 1 is 0.426 bits per heavy atom. The average Bonchev–Trinajstić information content (AvgIpc) is 3.21. The fourth-order valence-electron chi connectivity index (χ4n) is 7.41. The molecule has 4 aliphatic heterocycles. The van der Waals surface area contributed by atoms with Crippen LogP contribution in [0.1, 0.15) is 25.0 Å². The molecule has 2 aromatic rings. The van der Waals surface area contributed by atoms with Gasteiger partial charge in [-0.25, -0.2) is 0 Å². The van der Waals surface area contributed by atoms with Crippen LogP contribution in [0.4, 0.5) is 0 Å². The minimum atomic E-state index is 0.453. The van der Waals surface area contributed by atoms with Crippen LogP contribution in [0.15, 0.2) is 36.4 Å². The van der Waals surface area contributed by atoms with Gasteiger partial charge in [-0.3, -0.25) is 19.6 Å². The summed E-state index contributed by atoms with van der Waals surface area (Å²) in [6.45, 7) is 24.7. The average molecular weight is 755 g/mol. The zero-order valence-corrected chi connectivity index (χ0v) is 33.1. The summed E-state index contributed by atoms with van der Waals surface area (Å²) in [5.74, 6) is 4.23. The van der Waals surface area contributed by atoms with E-state index in [1.54, 1.807) is 0 Å². The van der Waals surface area contributed by atoms with Gasteiger partial charge in [0.2, 0.25) is 0 Å². The molecule has 4 fully saturated rings. The first-order valence-corrected chi connectivity index (χ1v) is 20.6. The van der Waals surface area contributed by atoms with Gasteiger partial charge in [0, 0.05) is 78.5 Å². The SMILES string of the molecule is CC(Cc1ccc(OCCN2CCOCC2)c(OCCN2CCOCC2)c1)C(C)Cc1ccc(OCCN2CCOCC2)c(OCCN2CCOCC2)c1. The molecule has 12 heteroatoms. The van der Waals surface area contributed by atoms with Crippen molar-refractivity contribution in [2.24, 2.45) is 11.8 Å². The second kappa shape index (κ2) is 22.8. The summed E-state index contributed by atoms with van der Waals surface area (Å²) in [6.07, 6.45) is 1.92. The molecule has 54 heavy (non-hydrogen) atoms. The molecule has 2 unspecified atom stereocenters. The number of hydrogen-bond donors (Lipinski definition) is 0. The fraction of sp³-hybridized carbons (Fsp3) is 0.714. The highest BCUT2D eigenvalue weighted by Gasteiger charge is 2.19. The van der Waals surface area contributed by atoms with Crippen LogP contribution >= 0.6 is 0 Å². The molecular formula is C42H66N4O8. The van der Waals surface area contributed by atoms with Crippen molar-refractivity contribution in [3.8, 4) is 23.0 Å². The van der Waals surface area contributed by atoms with Crippen molar-refractivity contribution in [1.82, 2.24) is 19.6 Å². The Labute approximate surface area is 323 Å². The molecule has 12 nitrogen and oxygen atoms in total. The largest absolute Gasteiger partial charge is 0.488 e. The third-order valence-electron chi connectivity index (χ3n) is 11.2. The Balaban J connectivity index is 1.05. The van der Waals surface area contributed by atoms with E-state index in [0.717, 1.165) is 167 Å². The van der Waals surface area contributed by atoms with E-state index in [0.29, 0.717) is 38.3 Å². The van der Waals surface area contributed by atoms with Gasteiger partial charge in [0.05, 0.1) is 52.9 Å². The van der Waals surface area contributed by atoms with Gasteiger partial charge in [-0.1, -0.05) is 26.0 Å². The Morgan fingerprint density at radius 2 is 0.704 bits per heavy atom. The van der Waals surface area contributed by atoms with Crippen LogP contribution in [0.25, 0.3) is 0 Å². The van der Waals surface area contributed by atoms with Crippen LogP contribution in [0.2, 0.25) is 0 Å². The van der Waals surface area contributed by atoms with Gasteiger partial charge in [0.1, 0.15) is 26.4 Å². The molecule has 4 saturated heterocycles. The van der Waals surface area contributed by atoms with E-state index in [1.165, 1.54) is 11.1 Å². The van der Waals surface area contributed by atoms with Gasteiger partial charge in [-0.05, 0) is 60.1 Å². The van der Waals surface area contributed by atoms with E-state index in [1.807, 2.05) is 0 Å². The van der Waals surface area contributed by atoms with E-state index in [-0.39, 0.29) is 0 Å². The van der Waals surface area contributed by atoms with E-state index in [4.69, 9.17) is 37.9 Å². The van der Waals surface area contributed by atoms with E-state index in [9.17, 15) is 0 Å². The summed E-state index contributed by atoms with van der Waals surface area (Å²) in [5.41, 5.74) is 2.54. The van der Waals surface area contributed by atoms with Gasteiger partial charge in [0.25, 0.3) is 0 Å². The molecule has 0 saturated carbocycles. The Hall–Kier alpha value is -2.68. The zero-order chi connectivity index (χ0) is 37.2.